The number of methoxy groups -OCH3 is 2. The molecule has 8 rings (SSSR count). The first kappa shape index (κ1) is 92.9. The molecule has 6 aromatic carbocycles. The van der Waals surface area contributed by atoms with Crippen molar-refractivity contribution in [2.24, 2.45) is 0 Å². The van der Waals surface area contributed by atoms with E-state index < -0.39 is 5.60 Å². The number of unbranched alkanes of at least 4 members (excludes halogenated alkanes) is 8. The monoisotopic (exact) mass is 1670 g/mol. The third-order valence-electron chi connectivity index (χ3n) is 18.7. The quantitative estimate of drug-likeness (QED) is 0.0261. The van der Waals surface area contributed by atoms with Crippen LogP contribution in [0.3, 0.4) is 0 Å². The summed E-state index contributed by atoms with van der Waals surface area (Å²) in [6.45, 7) is 22.1. The fourth-order valence-corrected chi connectivity index (χ4v) is 15.3. The summed E-state index contributed by atoms with van der Waals surface area (Å²) in [4.78, 5) is 73.9. The van der Waals surface area contributed by atoms with E-state index >= 15 is 0 Å². The zero-order valence-corrected chi connectivity index (χ0v) is 70.7. The van der Waals surface area contributed by atoms with Crippen molar-refractivity contribution in [3.63, 3.8) is 0 Å². The first-order valence-electron chi connectivity index (χ1n) is 37.2. The van der Waals surface area contributed by atoms with Crippen LogP contribution in [0.1, 0.15) is 171 Å². The maximum atomic E-state index is 13.7. The molecular formula is C86H113Cl2N6O9S4Tc+. The number of hydrogen-bond donors (Lipinski definition) is 0. The van der Waals surface area contributed by atoms with Crippen LogP contribution in [0.2, 0.25) is 10.0 Å². The molecule has 0 aliphatic rings. The van der Waals surface area contributed by atoms with Gasteiger partial charge in [-0.05, 0) is 220 Å². The number of hydrogen-bond acceptors (Lipinski definition) is 15. The number of nitrogens with zero attached hydrogens (tertiary/aromatic N) is 6. The number of Topliss-reactive ketones (excluding diaryl/α,β-unsaturated/α-hetero) is 2. The summed E-state index contributed by atoms with van der Waals surface area (Å²) in [5.41, 5.74) is 10.4. The zero-order valence-electron chi connectivity index (χ0n) is 64.0. The molecule has 0 unspecified atom stereocenters. The Bertz CT molecular complexity index is 4040. The summed E-state index contributed by atoms with van der Waals surface area (Å²) >= 11 is 26.9. The van der Waals surface area contributed by atoms with Gasteiger partial charge in [-0.2, -0.15) is 41.6 Å². The molecule has 585 valence electrons. The van der Waals surface area contributed by atoms with Gasteiger partial charge in [-0.25, -0.2) is 4.79 Å². The predicted octanol–water partition coefficient (Wildman–Crippen LogP) is 19.8. The van der Waals surface area contributed by atoms with Crippen molar-refractivity contribution < 1.29 is 60.5 Å². The molecule has 0 spiro atoms. The van der Waals surface area contributed by atoms with Crippen molar-refractivity contribution in [1.82, 2.24) is 23.8 Å². The number of carbonyl (C=O) groups excluding carboxylic acids is 5. The van der Waals surface area contributed by atoms with Gasteiger partial charge in [0.2, 0.25) is 0 Å². The van der Waals surface area contributed by atoms with Gasteiger partial charge in [0.25, 0.3) is 11.8 Å². The number of ether oxygens (including phenoxy) is 3. The van der Waals surface area contributed by atoms with Gasteiger partial charge >= 0.3 is 28.5 Å². The molecule has 0 atom stereocenters. The predicted molar refractivity (Wildman–Crippen MR) is 452 cm³/mol. The molecule has 0 radical (unpaired) electrons. The number of halogens is 2. The number of aryl methyl sites for hydroxylation is 2. The topological polar surface area (TPSA) is 164 Å². The van der Waals surface area contributed by atoms with Crippen LogP contribution in [-0.4, -0.2) is 162 Å². The standard InChI is InChI=1S/C53H68ClN3O6S2.C32H43ClN3O2S2.CH4.O.Tc/c1-39-14-27-50-49(35-39)48(40(2)57(50)51(59)43-19-21-44(54)22-20-43)36-45(58)13-11-9-8-10-12-28-55(31-33-64-37-41-15-23-46(61-6)24-16-41)29-30-56(52(60)63-53(3,4)5)32-34-65-38-42-17-25-47(62-7)26-18-42;1-24-9-14-31-30(22-24)29(25(2)36(31)32(38)26-10-12-27(33)13-11-26)23-28(37)8-6-4-3-5-7-17-35(19-21-40)18-15-34-16-20-39;;;/h14-27,35H,8-13,28-34,36-38H2,1-7H3;9-14,22,39-40H,3-8,15-21,23H2,1-2H3;1H4;;/q;-1;;;+4/p-2. The zero-order chi connectivity index (χ0) is 77.7. The van der Waals surface area contributed by atoms with Crippen molar-refractivity contribution in [3.05, 3.63) is 205 Å². The van der Waals surface area contributed by atoms with Crippen molar-refractivity contribution in [3.8, 4) is 11.5 Å². The van der Waals surface area contributed by atoms with Crippen LogP contribution in [0.5, 0.6) is 11.5 Å². The van der Waals surface area contributed by atoms with E-state index in [1.165, 1.54) is 11.1 Å². The number of ketones is 2. The first-order valence-corrected chi connectivity index (χ1v) is 42.2. The van der Waals surface area contributed by atoms with Gasteiger partial charge in [0, 0.05) is 118 Å². The summed E-state index contributed by atoms with van der Waals surface area (Å²) in [5, 5.41) is 7.55. The second kappa shape index (κ2) is 50.3. The van der Waals surface area contributed by atoms with Gasteiger partial charge in [0.15, 0.2) is 0 Å². The van der Waals surface area contributed by atoms with Crippen molar-refractivity contribution >= 4 is 123 Å². The molecule has 2 aromatic heterocycles. The Hall–Kier alpha value is -5.74. The third-order valence-corrected chi connectivity index (χ3v) is 21.5. The maximum absolute atomic E-state index is 13.7. The summed E-state index contributed by atoms with van der Waals surface area (Å²) < 4.78 is 28.2. The Balaban J connectivity index is 0.000000417. The average Bonchev–Trinajstić information content (AvgIpc) is 1.61. The number of fused-ring (bicyclic) bond motifs is 2. The summed E-state index contributed by atoms with van der Waals surface area (Å²) in [6, 6.07) is 42.4. The molecule has 0 saturated carbocycles. The molecular weight excluding hydrogens is 1560 g/mol. The Morgan fingerprint density at radius 2 is 0.907 bits per heavy atom. The van der Waals surface area contributed by atoms with E-state index in [9.17, 15) is 24.0 Å². The van der Waals surface area contributed by atoms with Crippen LogP contribution in [0, 0.1) is 27.7 Å². The minimum absolute atomic E-state index is 0. The Morgan fingerprint density at radius 3 is 1.32 bits per heavy atom. The van der Waals surface area contributed by atoms with Gasteiger partial charge in [-0.15, -0.1) is 6.54 Å². The van der Waals surface area contributed by atoms with Gasteiger partial charge in [-0.3, -0.25) is 28.3 Å². The normalized spacial score (nSPS) is 11.3. The Kier molecular flexibility index (Phi) is 43.2. The van der Waals surface area contributed by atoms with Crippen molar-refractivity contribution in [1.29, 1.82) is 0 Å². The molecule has 0 aliphatic heterocycles. The van der Waals surface area contributed by atoms with E-state index in [4.69, 9.17) is 66.2 Å². The van der Waals surface area contributed by atoms with Crippen LogP contribution >= 0.6 is 46.7 Å². The molecule has 15 nitrogen and oxygen atoms in total. The van der Waals surface area contributed by atoms with Crippen molar-refractivity contribution in [2.45, 2.75) is 163 Å². The van der Waals surface area contributed by atoms with E-state index in [0.717, 1.165) is 231 Å². The van der Waals surface area contributed by atoms with E-state index in [1.54, 1.807) is 71.9 Å². The second-order valence-electron chi connectivity index (χ2n) is 28.0. The summed E-state index contributed by atoms with van der Waals surface area (Å²) in [5.74, 6) is 6.88. The first-order chi connectivity index (χ1) is 51.6. The van der Waals surface area contributed by atoms with Crippen LogP contribution in [-0.2, 0) is 86.3 Å². The van der Waals surface area contributed by atoms with Crippen LogP contribution in [0.15, 0.2) is 133 Å². The summed E-state index contributed by atoms with van der Waals surface area (Å²) in [7, 11) is 3.36. The molecule has 0 aliphatic carbocycles. The number of carbonyl (C=O) groups is 5. The van der Waals surface area contributed by atoms with E-state index in [0.29, 0.717) is 65.7 Å². The molecule has 2 heterocycles. The Labute approximate surface area is 684 Å². The number of thioether (sulfide) groups is 2. The fourth-order valence-electron chi connectivity index (χ4n) is 12.8. The Morgan fingerprint density at radius 1 is 0.491 bits per heavy atom. The van der Waals surface area contributed by atoms with E-state index in [-0.39, 0.29) is 36.9 Å². The molecule has 0 bridgehead atoms. The van der Waals surface area contributed by atoms with Gasteiger partial charge < -0.3 is 59.5 Å². The molecule has 108 heavy (non-hydrogen) atoms. The number of rotatable bonds is 44. The minimum atomic E-state index is -0.578. The van der Waals surface area contributed by atoms with Crippen molar-refractivity contribution in [2.75, 3.05) is 103 Å². The third kappa shape index (κ3) is 31.4. The number of amides is 1. The van der Waals surface area contributed by atoms with Crippen LogP contribution in [0.25, 0.3) is 27.1 Å². The average molecular weight is 1670 g/mol. The number of aromatic nitrogens is 2. The van der Waals surface area contributed by atoms with E-state index in [1.807, 2.05) is 125 Å². The second-order valence-corrected chi connectivity index (χ2v) is 31.9. The molecule has 0 fully saturated rings. The van der Waals surface area contributed by atoms with Gasteiger partial charge in [0.05, 0.1) is 25.3 Å². The van der Waals surface area contributed by atoms with Gasteiger partial charge in [0.1, 0.15) is 28.7 Å². The molecule has 0 N–H and O–H groups in total. The number of benzene rings is 6. The van der Waals surface area contributed by atoms with E-state index in [2.05, 4.69) is 51.5 Å². The molecule has 22 heteroatoms. The summed E-state index contributed by atoms with van der Waals surface area (Å²) in [6.07, 6.45) is 11.8. The van der Waals surface area contributed by atoms with Crippen LogP contribution < -0.4 is 9.47 Å². The fraction of sp³-hybridized carbons (Fsp3) is 0.477. The SMILES string of the molecule is C.COc1ccc(CSCCN(CCCCCCCC(=O)Cc2c(C)n(C(=O)c3ccc(Cl)cc3)c3ccc(C)cc23)CCN(CCSCc2ccc(OC)cc2)C(=O)OC(C)(C)C)cc1.Cc1ccc2c(c1)c(CC(=O)CCCCCCCN(CC[S-])CC[N-]CC[S-])c(C)n2C(=O)c1ccc(Cl)cc1.[O]=[Tc+4]. The molecule has 1 amide bonds. The molecule has 8 aromatic rings. The van der Waals surface area contributed by atoms with Crippen LogP contribution in [0.4, 0.5) is 4.79 Å². The van der Waals surface area contributed by atoms with Gasteiger partial charge in [-0.1, -0.05) is 117 Å². The molecule has 0 saturated heterocycles.